The molecule has 0 saturated carbocycles. The fraction of sp³-hybridized carbons (Fsp3) is 0.674. The monoisotopic (exact) mass is 764 g/mol. The van der Waals surface area contributed by atoms with Gasteiger partial charge in [0, 0.05) is 12.8 Å². The van der Waals surface area contributed by atoms with E-state index in [2.05, 4.69) is 67.0 Å². The van der Waals surface area contributed by atoms with E-state index in [0.29, 0.717) is 19.3 Å². The maximum Gasteiger partial charge on any atom is 0.469 e. The zero-order chi connectivity index (χ0) is 39.1. The molecule has 0 aromatic rings. The molecule has 0 rings (SSSR count). The zero-order valence-corrected chi connectivity index (χ0v) is 33.9. The third-order valence-corrected chi connectivity index (χ3v) is 8.75. The van der Waals surface area contributed by atoms with Crippen LogP contribution in [0.2, 0.25) is 0 Å². The van der Waals surface area contributed by atoms with Gasteiger partial charge in [0.25, 0.3) is 0 Å². The number of rotatable bonds is 36. The third kappa shape index (κ3) is 40.5. The molecule has 304 valence electrons. The van der Waals surface area contributed by atoms with Crippen molar-refractivity contribution in [1.82, 2.24) is 0 Å². The number of allylic oxidation sites excluding steroid dienone is 11. The first-order valence-electron chi connectivity index (χ1n) is 20.3. The van der Waals surface area contributed by atoms with Gasteiger partial charge in [-0.15, -0.1) is 0 Å². The molecular formula is C43H73O9P. The minimum atomic E-state index is -4.78. The van der Waals surface area contributed by atoms with E-state index in [4.69, 9.17) is 19.3 Å². The fourth-order valence-electron chi connectivity index (χ4n) is 5.18. The maximum absolute atomic E-state index is 12.4. The largest absolute Gasteiger partial charge is 0.469 e. The van der Waals surface area contributed by atoms with Crippen LogP contribution in [0.3, 0.4) is 0 Å². The predicted molar refractivity (Wildman–Crippen MR) is 217 cm³/mol. The van der Waals surface area contributed by atoms with Crippen molar-refractivity contribution >= 4 is 19.8 Å². The second-order valence-electron chi connectivity index (χ2n) is 13.4. The topological polar surface area (TPSA) is 140 Å². The molecule has 0 aliphatic heterocycles. The highest BCUT2D eigenvalue weighted by atomic mass is 31.2. The molecule has 0 heterocycles. The van der Waals surface area contributed by atoms with Crippen molar-refractivity contribution in [3.8, 4) is 0 Å². The van der Waals surface area contributed by atoms with Gasteiger partial charge >= 0.3 is 19.8 Å². The predicted octanol–water partition coefficient (Wildman–Crippen LogP) is 11.3. The van der Waals surface area contributed by atoms with Crippen LogP contribution in [0, 0.1) is 0 Å². The zero-order valence-electron chi connectivity index (χ0n) is 33.0. The number of unbranched alkanes of at least 4 members (excludes halogenated alkanes) is 12. The second-order valence-corrected chi connectivity index (χ2v) is 14.7. The molecule has 10 heteroatoms. The molecule has 9 nitrogen and oxygen atoms in total. The smallest absolute Gasteiger partial charge is 0.462 e. The van der Waals surface area contributed by atoms with Crippen molar-refractivity contribution in [1.29, 1.82) is 0 Å². The van der Waals surface area contributed by atoms with Gasteiger partial charge in [-0.3, -0.25) is 14.1 Å². The quantitative estimate of drug-likeness (QED) is 0.0246. The lowest BCUT2D eigenvalue weighted by atomic mass is 10.1. The van der Waals surface area contributed by atoms with E-state index in [1.807, 2.05) is 24.3 Å². The van der Waals surface area contributed by atoms with Crippen LogP contribution in [-0.2, 0) is 28.2 Å². The molecule has 0 aliphatic carbocycles. The lowest BCUT2D eigenvalue weighted by Gasteiger charge is -2.18. The molecule has 0 bridgehead atoms. The minimum absolute atomic E-state index is 0.114. The van der Waals surface area contributed by atoms with Crippen LogP contribution in [0.5, 0.6) is 0 Å². The van der Waals surface area contributed by atoms with Crippen LogP contribution < -0.4 is 0 Å². The summed E-state index contributed by atoms with van der Waals surface area (Å²) in [4.78, 5) is 42.8. The van der Waals surface area contributed by atoms with Crippen molar-refractivity contribution in [3.63, 3.8) is 0 Å². The average molecular weight is 765 g/mol. The van der Waals surface area contributed by atoms with Crippen LogP contribution >= 0.6 is 7.82 Å². The standard InChI is InChI=1S/C43H73O9P/c1-3-5-7-8-9-10-11-12-13-14-15-16-20-23-26-29-32-36-42(45)50-38-41(39-51-53(47,48)49)52-43(46)37-33-30-27-24-21-18-17-19-22-25-28-31-35-40(44)34-6-4-2/h9-10,12-13,17-18,22,24-25,27,31,35,40-41,44H,3-8,11,14-16,19-21,23,26,28-30,32-34,36-39H2,1-2H3,(H2,47,48,49)/b10-9-,13-12-,18-17-,25-22-,27-24-,35-31-/t40-,41-/m1/s1. The van der Waals surface area contributed by atoms with Gasteiger partial charge in [0.05, 0.1) is 12.7 Å². The van der Waals surface area contributed by atoms with Crippen LogP contribution in [0.25, 0.3) is 0 Å². The summed E-state index contributed by atoms with van der Waals surface area (Å²) in [6.45, 7) is 3.44. The Bertz CT molecular complexity index is 1100. The molecular weight excluding hydrogens is 691 g/mol. The maximum atomic E-state index is 12.4. The molecule has 53 heavy (non-hydrogen) atoms. The summed E-state index contributed by atoms with van der Waals surface area (Å²) in [7, 11) is -4.78. The van der Waals surface area contributed by atoms with Gasteiger partial charge < -0.3 is 24.4 Å². The van der Waals surface area contributed by atoms with Crippen LogP contribution in [0.15, 0.2) is 72.9 Å². The van der Waals surface area contributed by atoms with E-state index in [-0.39, 0.29) is 25.6 Å². The highest BCUT2D eigenvalue weighted by Gasteiger charge is 2.22. The fourth-order valence-corrected chi connectivity index (χ4v) is 5.54. The summed E-state index contributed by atoms with van der Waals surface area (Å²) >= 11 is 0. The Balaban J connectivity index is 4.09. The first-order valence-corrected chi connectivity index (χ1v) is 21.9. The molecule has 0 aliphatic rings. The van der Waals surface area contributed by atoms with Gasteiger partial charge in [0.2, 0.25) is 0 Å². The summed E-state index contributed by atoms with van der Waals surface area (Å²) < 4.78 is 26.3. The van der Waals surface area contributed by atoms with Gasteiger partial charge in [-0.25, -0.2) is 4.57 Å². The van der Waals surface area contributed by atoms with E-state index in [0.717, 1.165) is 70.6 Å². The lowest BCUT2D eigenvalue weighted by molar-refractivity contribution is -0.161. The second kappa shape index (κ2) is 37.8. The number of ether oxygens (including phenoxy) is 2. The molecule has 2 atom stereocenters. The van der Waals surface area contributed by atoms with E-state index in [1.165, 1.54) is 44.9 Å². The summed E-state index contributed by atoms with van der Waals surface area (Å²) in [6.07, 6.45) is 45.3. The summed E-state index contributed by atoms with van der Waals surface area (Å²) in [6, 6.07) is 0. The molecule has 0 saturated heterocycles. The van der Waals surface area contributed by atoms with Crippen molar-refractivity contribution < 1.29 is 43.0 Å². The van der Waals surface area contributed by atoms with Gasteiger partial charge in [-0.05, 0) is 77.0 Å². The third-order valence-electron chi connectivity index (χ3n) is 8.27. The Labute approximate surface area is 322 Å². The Morgan fingerprint density at radius 1 is 0.566 bits per heavy atom. The Hall–Kier alpha value is -2.55. The minimum Gasteiger partial charge on any atom is -0.462 e. The summed E-state index contributed by atoms with van der Waals surface area (Å²) in [5.74, 6) is -0.988. The molecule has 3 N–H and O–H groups in total. The van der Waals surface area contributed by atoms with Gasteiger partial charge in [-0.2, -0.15) is 0 Å². The highest BCUT2D eigenvalue weighted by Crippen LogP contribution is 2.36. The lowest BCUT2D eigenvalue weighted by Crippen LogP contribution is -2.29. The highest BCUT2D eigenvalue weighted by molar-refractivity contribution is 7.46. The first kappa shape index (κ1) is 50.5. The van der Waals surface area contributed by atoms with Gasteiger partial charge in [-0.1, -0.05) is 145 Å². The van der Waals surface area contributed by atoms with Crippen molar-refractivity contribution in [2.75, 3.05) is 13.2 Å². The molecule has 0 aromatic heterocycles. The van der Waals surface area contributed by atoms with E-state index in [9.17, 15) is 19.3 Å². The molecule has 0 fully saturated rings. The van der Waals surface area contributed by atoms with Gasteiger partial charge in [0.15, 0.2) is 6.10 Å². The van der Waals surface area contributed by atoms with E-state index < -0.39 is 32.5 Å². The van der Waals surface area contributed by atoms with Crippen LogP contribution in [0.4, 0.5) is 0 Å². The molecule has 0 unspecified atom stereocenters. The Morgan fingerprint density at radius 3 is 1.60 bits per heavy atom. The van der Waals surface area contributed by atoms with Crippen molar-refractivity contribution in [3.05, 3.63) is 72.9 Å². The van der Waals surface area contributed by atoms with E-state index >= 15 is 0 Å². The average Bonchev–Trinajstić information content (AvgIpc) is 3.12. The molecule has 0 amide bonds. The van der Waals surface area contributed by atoms with Crippen molar-refractivity contribution in [2.24, 2.45) is 0 Å². The Morgan fingerprint density at radius 2 is 1.04 bits per heavy atom. The summed E-state index contributed by atoms with van der Waals surface area (Å²) in [5, 5.41) is 9.79. The normalized spacial score (nSPS) is 13.8. The number of aliphatic hydroxyl groups excluding tert-OH is 1. The number of hydrogen-bond acceptors (Lipinski definition) is 7. The van der Waals surface area contributed by atoms with Crippen molar-refractivity contribution in [2.45, 2.75) is 174 Å². The molecule has 0 radical (unpaired) electrons. The molecule has 0 aromatic carbocycles. The number of carbonyl (C=O) groups is 2. The summed E-state index contributed by atoms with van der Waals surface area (Å²) in [5.41, 5.74) is 0. The number of phosphoric acid groups is 1. The SMILES string of the molecule is CCCCC/C=C\C/C=C\CCCCCCCCCC(=O)OC[C@H](COP(=O)(O)O)OC(=O)CCC/C=C\C/C=C\C/C=C\C/C=C\[C@H](O)CCCC. The van der Waals surface area contributed by atoms with Crippen LogP contribution in [0.1, 0.15) is 162 Å². The number of hydrogen-bond donors (Lipinski definition) is 3. The number of carbonyl (C=O) groups excluding carboxylic acids is 2. The van der Waals surface area contributed by atoms with Gasteiger partial charge in [0.1, 0.15) is 6.61 Å². The first-order chi connectivity index (χ1) is 25.7. The van der Waals surface area contributed by atoms with E-state index in [1.54, 1.807) is 0 Å². The Kier molecular flexibility index (Phi) is 35.9. The number of esters is 2. The molecule has 0 spiro atoms. The number of phosphoric ester groups is 1. The van der Waals surface area contributed by atoms with Crippen LogP contribution in [-0.4, -0.2) is 52.3 Å². The number of aliphatic hydroxyl groups is 1.